The van der Waals surface area contributed by atoms with Gasteiger partial charge in [0.05, 0.1) is 46.0 Å². The summed E-state index contributed by atoms with van der Waals surface area (Å²) in [6, 6.07) is 42.5. The molecular formula is C38H30N4. The summed E-state index contributed by atoms with van der Waals surface area (Å²) in [5.41, 5.74) is 12.0. The molecule has 2 aliphatic heterocycles. The molecule has 2 aliphatic rings. The van der Waals surface area contributed by atoms with Gasteiger partial charge in [-0.1, -0.05) is 70.2 Å². The first-order chi connectivity index (χ1) is 20.3. The van der Waals surface area contributed by atoms with E-state index in [9.17, 15) is 10.5 Å². The van der Waals surface area contributed by atoms with Gasteiger partial charge >= 0.3 is 0 Å². The molecule has 2 heterocycles. The Morgan fingerprint density at radius 3 is 1.29 bits per heavy atom. The van der Waals surface area contributed by atoms with E-state index in [1.54, 1.807) is 0 Å². The van der Waals surface area contributed by atoms with E-state index in [1.165, 1.54) is 11.1 Å². The molecule has 7 rings (SSSR count). The highest BCUT2D eigenvalue weighted by molar-refractivity contribution is 5.90. The van der Waals surface area contributed by atoms with Gasteiger partial charge in [-0.05, 0) is 89.0 Å². The van der Waals surface area contributed by atoms with Crippen molar-refractivity contribution in [3.8, 4) is 12.1 Å². The number of hydrogen-bond acceptors (Lipinski definition) is 4. The fourth-order valence-corrected chi connectivity index (χ4v) is 6.87. The fraction of sp³-hybridized carbons (Fsp3) is 0.158. The van der Waals surface area contributed by atoms with Crippen molar-refractivity contribution in [3.63, 3.8) is 0 Å². The smallest absolute Gasteiger partial charge is 0.0991 e. The first-order valence-electron chi connectivity index (χ1n) is 14.2. The molecule has 0 amide bonds. The Morgan fingerprint density at radius 2 is 0.857 bits per heavy atom. The highest BCUT2D eigenvalue weighted by Crippen LogP contribution is 2.55. The number of nitrogens with zero attached hydrogens (tertiary/aromatic N) is 4. The van der Waals surface area contributed by atoms with Crippen LogP contribution in [0.1, 0.15) is 61.1 Å². The van der Waals surface area contributed by atoms with E-state index in [1.807, 2.05) is 24.3 Å². The zero-order valence-electron chi connectivity index (χ0n) is 24.2. The van der Waals surface area contributed by atoms with Crippen LogP contribution in [0.3, 0.4) is 0 Å². The Morgan fingerprint density at radius 1 is 0.452 bits per heavy atom. The number of para-hydroxylation sites is 2. The van der Waals surface area contributed by atoms with Crippen molar-refractivity contribution in [3.05, 3.63) is 143 Å². The fourth-order valence-electron chi connectivity index (χ4n) is 6.87. The normalized spacial score (nSPS) is 15.4. The zero-order valence-corrected chi connectivity index (χ0v) is 24.2. The van der Waals surface area contributed by atoms with E-state index >= 15 is 0 Å². The number of benzene rings is 5. The van der Waals surface area contributed by atoms with Crippen LogP contribution in [0.2, 0.25) is 0 Å². The predicted molar refractivity (Wildman–Crippen MR) is 169 cm³/mol. The van der Waals surface area contributed by atoms with Gasteiger partial charge < -0.3 is 9.80 Å². The lowest BCUT2D eigenvalue weighted by atomic mass is 9.73. The number of hydrogen-bond donors (Lipinski definition) is 0. The maximum Gasteiger partial charge on any atom is 0.0991 e. The molecule has 5 aromatic carbocycles. The van der Waals surface area contributed by atoms with Gasteiger partial charge in [-0.25, -0.2) is 0 Å². The summed E-state index contributed by atoms with van der Waals surface area (Å²) < 4.78 is 0. The molecule has 0 saturated carbocycles. The van der Waals surface area contributed by atoms with Crippen LogP contribution in [-0.2, 0) is 10.8 Å². The SMILES string of the molecule is CC1(C)c2ccccc2N(c2cccc(N3c4ccccc4C(C)(C)c4cc(C#N)ccc43)c2)c2ccc(C#N)cc21. The average molecular weight is 543 g/mol. The van der Waals surface area contributed by atoms with Crippen LogP contribution >= 0.6 is 0 Å². The Kier molecular flexibility index (Phi) is 5.55. The molecule has 4 heteroatoms. The van der Waals surface area contributed by atoms with Crippen LogP contribution in [0, 0.1) is 22.7 Å². The third-order valence-electron chi connectivity index (χ3n) is 9.06. The van der Waals surface area contributed by atoms with Gasteiger partial charge in [0.25, 0.3) is 0 Å². The predicted octanol–water partition coefficient (Wildman–Crippen LogP) is 9.65. The summed E-state index contributed by atoms with van der Waals surface area (Å²) in [7, 11) is 0. The summed E-state index contributed by atoms with van der Waals surface area (Å²) in [6.45, 7) is 8.94. The molecule has 0 aliphatic carbocycles. The largest absolute Gasteiger partial charge is 0.310 e. The minimum absolute atomic E-state index is 0.262. The topological polar surface area (TPSA) is 54.1 Å². The van der Waals surface area contributed by atoms with Crippen LogP contribution in [0.15, 0.2) is 109 Å². The quantitative estimate of drug-likeness (QED) is 0.223. The Balaban J connectivity index is 1.45. The lowest BCUT2D eigenvalue weighted by molar-refractivity contribution is 0.631. The highest BCUT2D eigenvalue weighted by Gasteiger charge is 2.39. The van der Waals surface area contributed by atoms with Crippen molar-refractivity contribution in [2.75, 3.05) is 9.80 Å². The molecule has 0 radical (unpaired) electrons. The maximum absolute atomic E-state index is 9.71. The van der Waals surface area contributed by atoms with Crippen molar-refractivity contribution in [1.29, 1.82) is 10.5 Å². The highest BCUT2D eigenvalue weighted by atomic mass is 15.2. The standard InChI is InChI=1S/C38H30N4/c1-37(2)29-12-5-7-14-33(29)41(35-18-16-25(23-39)20-31(35)37)27-10-9-11-28(22-27)42-34-15-8-6-13-30(34)38(3,4)32-21-26(24-40)17-19-36(32)42/h5-22H,1-4H3. The Labute approximate surface area is 247 Å². The van der Waals surface area contributed by atoms with E-state index in [4.69, 9.17) is 0 Å². The summed E-state index contributed by atoms with van der Waals surface area (Å²) >= 11 is 0. The van der Waals surface area contributed by atoms with Crippen LogP contribution in [0.25, 0.3) is 0 Å². The van der Waals surface area contributed by atoms with Gasteiger partial charge in [-0.2, -0.15) is 10.5 Å². The molecule has 42 heavy (non-hydrogen) atoms. The Bertz CT molecular complexity index is 1850. The molecule has 4 nitrogen and oxygen atoms in total. The molecule has 0 spiro atoms. The lowest BCUT2D eigenvalue weighted by Crippen LogP contribution is -2.31. The third kappa shape index (κ3) is 3.59. The van der Waals surface area contributed by atoms with Gasteiger partial charge in [0.15, 0.2) is 0 Å². The van der Waals surface area contributed by atoms with Crippen LogP contribution in [-0.4, -0.2) is 0 Å². The molecule has 5 aromatic rings. The van der Waals surface area contributed by atoms with Crippen LogP contribution < -0.4 is 9.80 Å². The van der Waals surface area contributed by atoms with Crippen molar-refractivity contribution in [1.82, 2.24) is 0 Å². The summed E-state index contributed by atoms with van der Waals surface area (Å²) in [5.74, 6) is 0. The van der Waals surface area contributed by atoms with Gasteiger partial charge in [0, 0.05) is 22.2 Å². The van der Waals surface area contributed by atoms with E-state index in [0.29, 0.717) is 11.1 Å². The van der Waals surface area contributed by atoms with Crippen molar-refractivity contribution in [2.24, 2.45) is 0 Å². The van der Waals surface area contributed by atoms with Gasteiger partial charge in [0.2, 0.25) is 0 Å². The minimum Gasteiger partial charge on any atom is -0.310 e. The van der Waals surface area contributed by atoms with Crippen molar-refractivity contribution < 1.29 is 0 Å². The van der Waals surface area contributed by atoms with Crippen LogP contribution in [0.4, 0.5) is 34.1 Å². The second-order valence-corrected chi connectivity index (χ2v) is 12.2. The number of nitriles is 2. The average Bonchev–Trinajstić information content (AvgIpc) is 3.01. The minimum atomic E-state index is -0.262. The molecular weight excluding hydrogens is 512 g/mol. The number of rotatable bonds is 2. The van der Waals surface area contributed by atoms with Gasteiger partial charge in [-0.3, -0.25) is 0 Å². The summed E-state index contributed by atoms with van der Waals surface area (Å²) in [4.78, 5) is 4.64. The maximum atomic E-state index is 9.71. The monoisotopic (exact) mass is 542 g/mol. The molecule has 0 aromatic heterocycles. The van der Waals surface area contributed by atoms with Crippen molar-refractivity contribution >= 4 is 34.1 Å². The molecule has 0 fully saturated rings. The molecule has 0 bridgehead atoms. The van der Waals surface area contributed by atoms with E-state index in [2.05, 4.69) is 135 Å². The third-order valence-corrected chi connectivity index (χ3v) is 9.06. The van der Waals surface area contributed by atoms with Crippen LogP contribution in [0.5, 0.6) is 0 Å². The van der Waals surface area contributed by atoms with Gasteiger partial charge in [0.1, 0.15) is 0 Å². The van der Waals surface area contributed by atoms with Gasteiger partial charge in [-0.15, -0.1) is 0 Å². The second kappa shape index (κ2) is 9.10. The molecule has 0 saturated heterocycles. The Hall–Kier alpha value is -5.32. The van der Waals surface area contributed by atoms with E-state index < -0.39 is 0 Å². The van der Waals surface area contributed by atoms with E-state index in [-0.39, 0.29) is 10.8 Å². The summed E-state index contributed by atoms with van der Waals surface area (Å²) in [6.07, 6.45) is 0. The van der Waals surface area contributed by atoms with E-state index in [0.717, 1.165) is 45.3 Å². The lowest BCUT2D eigenvalue weighted by Gasteiger charge is -2.43. The molecule has 202 valence electrons. The first-order valence-corrected chi connectivity index (χ1v) is 14.2. The molecule has 0 atom stereocenters. The molecule has 0 unspecified atom stereocenters. The summed E-state index contributed by atoms with van der Waals surface area (Å²) in [5, 5.41) is 19.4. The second-order valence-electron chi connectivity index (χ2n) is 12.2. The van der Waals surface area contributed by atoms with Crippen molar-refractivity contribution in [2.45, 2.75) is 38.5 Å². The molecule has 0 N–H and O–H groups in total. The number of fused-ring (bicyclic) bond motifs is 4. The first kappa shape index (κ1) is 25.6. The number of anilines is 6. The zero-order chi connectivity index (χ0) is 29.2.